The molecule has 1 aromatic heterocycles. The molecule has 1 aliphatic carbocycles. The lowest BCUT2D eigenvalue weighted by Gasteiger charge is -2.37. The zero-order chi connectivity index (χ0) is 14.1. The highest BCUT2D eigenvalue weighted by Crippen LogP contribution is 2.32. The number of H-pyrrole nitrogens is 1. The zero-order valence-corrected chi connectivity index (χ0v) is 12.4. The van der Waals surface area contributed by atoms with Gasteiger partial charge in [0.05, 0.1) is 6.20 Å². The Hall–Kier alpha value is -1.36. The van der Waals surface area contributed by atoms with Crippen LogP contribution in [0.2, 0.25) is 0 Å². The second-order valence-electron chi connectivity index (χ2n) is 6.33. The molecule has 0 radical (unpaired) electrons. The molecule has 0 bridgehead atoms. The number of nitrogens with one attached hydrogen (secondary N) is 2. The van der Waals surface area contributed by atoms with Crippen molar-refractivity contribution in [3.8, 4) is 0 Å². The predicted molar refractivity (Wildman–Crippen MR) is 77.0 cm³/mol. The fourth-order valence-electron chi connectivity index (χ4n) is 3.03. The second kappa shape index (κ2) is 5.56. The molecule has 0 unspecified atom stereocenters. The van der Waals surface area contributed by atoms with E-state index >= 15 is 0 Å². The van der Waals surface area contributed by atoms with E-state index in [0.29, 0.717) is 23.8 Å². The van der Waals surface area contributed by atoms with Crippen molar-refractivity contribution in [3.05, 3.63) is 17.5 Å². The molecule has 2 fully saturated rings. The number of aryl methyl sites for hydroxylation is 1. The third kappa shape index (κ3) is 2.87. The quantitative estimate of drug-likeness (QED) is 0.875. The summed E-state index contributed by atoms with van der Waals surface area (Å²) >= 11 is 0. The molecule has 2 aliphatic rings. The summed E-state index contributed by atoms with van der Waals surface area (Å²) in [4.78, 5) is 14.2. The molecule has 5 nitrogen and oxygen atoms in total. The van der Waals surface area contributed by atoms with Gasteiger partial charge >= 0.3 is 0 Å². The van der Waals surface area contributed by atoms with Crippen LogP contribution in [0, 0.1) is 18.8 Å². The molecule has 2 atom stereocenters. The van der Waals surface area contributed by atoms with Crippen LogP contribution in [0.1, 0.15) is 37.4 Å². The van der Waals surface area contributed by atoms with E-state index in [1.807, 2.05) is 13.1 Å². The van der Waals surface area contributed by atoms with Gasteiger partial charge in [0.15, 0.2) is 0 Å². The summed E-state index contributed by atoms with van der Waals surface area (Å²) in [6.45, 7) is 6.95. The summed E-state index contributed by atoms with van der Waals surface area (Å²) in [7, 11) is 0. The van der Waals surface area contributed by atoms with Crippen molar-refractivity contribution in [2.24, 2.45) is 11.8 Å². The van der Waals surface area contributed by atoms with E-state index in [2.05, 4.69) is 27.3 Å². The Morgan fingerprint density at radius 1 is 1.50 bits per heavy atom. The number of likely N-dealkylation sites (tertiary alicyclic amines) is 1. The SMILES string of the molecule is Cc1[nH]ncc1CN[C@H]1CCN(C(=O)C2CC2)C[C@@H]1C. The average Bonchev–Trinajstić information content (AvgIpc) is 3.20. The molecule has 2 N–H and O–H groups in total. The van der Waals surface area contributed by atoms with Gasteiger partial charge in [-0.15, -0.1) is 0 Å². The van der Waals surface area contributed by atoms with Gasteiger partial charge in [0.1, 0.15) is 0 Å². The highest BCUT2D eigenvalue weighted by molar-refractivity contribution is 5.81. The van der Waals surface area contributed by atoms with Gasteiger partial charge in [0.25, 0.3) is 0 Å². The van der Waals surface area contributed by atoms with E-state index in [4.69, 9.17) is 0 Å². The van der Waals surface area contributed by atoms with Gasteiger partial charge in [-0.2, -0.15) is 5.10 Å². The number of carbonyl (C=O) groups excluding carboxylic acids is 1. The topological polar surface area (TPSA) is 61.0 Å². The first-order valence-electron chi connectivity index (χ1n) is 7.66. The minimum atomic E-state index is 0.347. The number of piperidine rings is 1. The Balaban J connectivity index is 1.50. The smallest absolute Gasteiger partial charge is 0.225 e. The summed E-state index contributed by atoms with van der Waals surface area (Å²) in [6.07, 6.45) is 5.14. The first kappa shape index (κ1) is 13.6. The van der Waals surface area contributed by atoms with Crippen LogP contribution in [-0.2, 0) is 11.3 Å². The van der Waals surface area contributed by atoms with E-state index in [1.54, 1.807) is 0 Å². The number of hydrogen-bond acceptors (Lipinski definition) is 3. The van der Waals surface area contributed by atoms with Crippen molar-refractivity contribution in [3.63, 3.8) is 0 Å². The molecular weight excluding hydrogens is 252 g/mol. The molecule has 0 spiro atoms. The summed E-state index contributed by atoms with van der Waals surface area (Å²) in [5.74, 6) is 1.25. The lowest BCUT2D eigenvalue weighted by molar-refractivity contribution is -0.134. The van der Waals surface area contributed by atoms with Crippen LogP contribution in [-0.4, -0.2) is 40.1 Å². The normalized spacial score (nSPS) is 26.8. The van der Waals surface area contributed by atoms with Crippen LogP contribution in [0.3, 0.4) is 0 Å². The van der Waals surface area contributed by atoms with Gasteiger partial charge in [-0.05, 0) is 32.1 Å². The van der Waals surface area contributed by atoms with Crippen LogP contribution < -0.4 is 5.32 Å². The van der Waals surface area contributed by atoms with Crippen molar-refractivity contribution in [2.45, 2.75) is 45.7 Å². The Morgan fingerprint density at radius 2 is 2.30 bits per heavy atom. The Morgan fingerprint density at radius 3 is 2.90 bits per heavy atom. The van der Waals surface area contributed by atoms with Gasteiger partial charge in [-0.25, -0.2) is 0 Å². The lowest BCUT2D eigenvalue weighted by atomic mass is 9.93. The van der Waals surface area contributed by atoms with Crippen LogP contribution in [0.15, 0.2) is 6.20 Å². The van der Waals surface area contributed by atoms with E-state index in [9.17, 15) is 4.79 Å². The van der Waals surface area contributed by atoms with Crippen molar-refractivity contribution >= 4 is 5.91 Å². The Labute approximate surface area is 120 Å². The monoisotopic (exact) mass is 276 g/mol. The second-order valence-corrected chi connectivity index (χ2v) is 6.33. The third-order valence-electron chi connectivity index (χ3n) is 4.63. The highest BCUT2D eigenvalue weighted by Gasteiger charge is 2.36. The van der Waals surface area contributed by atoms with Crippen LogP contribution >= 0.6 is 0 Å². The lowest BCUT2D eigenvalue weighted by Crippen LogP contribution is -2.50. The van der Waals surface area contributed by atoms with E-state index in [1.165, 1.54) is 5.56 Å². The number of aromatic nitrogens is 2. The highest BCUT2D eigenvalue weighted by atomic mass is 16.2. The van der Waals surface area contributed by atoms with E-state index in [-0.39, 0.29) is 0 Å². The number of aromatic amines is 1. The number of nitrogens with zero attached hydrogens (tertiary/aromatic N) is 2. The maximum absolute atomic E-state index is 12.1. The minimum absolute atomic E-state index is 0.347. The molecular formula is C15H24N4O. The summed E-state index contributed by atoms with van der Waals surface area (Å²) in [5, 5.41) is 10.6. The molecule has 110 valence electrons. The third-order valence-corrected chi connectivity index (χ3v) is 4.63. The van der Waals surface area contributed by atoms with Gasteiger partial charge in [0, 0.05) is 42.9 Å². The van der Waals surface area contributed by atoms with Crippen molar-refractivity contribution in [1.82, 2.24) is 20.4 Å². The molecule has 1 saturated carbocycles. The van der Waals surface area contributed by atoms with Gasteiger partial charge < -0.3 is 10.2 Å². The maximum Gasteiger partial charge on any atom is 0.225 e. The molecule has 0 aromatic carbocycles. The predicted octanol–water partition coefficient (Wildman–Crippen LogP) is 1.45. The van der Waals surface area contributed by atoms with E-state index < -0.39 is 0 Å². The van der Waals surface area contributed by atoms with E-state index in [0.717, 1.165) is 44.6 Å². The van der Waals surface area contributed by atoms with Crippen LogP contribution in [0.4, 0.5) is 0 Å². The zero-order valence-electron chi connectivity index (χ0n) is 12.4. The fourth-order valence-corrected chi connectivity index (χ4v) is 3.03. The average molecular weight is 276 g/mol. The van der Waals surface area contributed by atoms with Crippen LogP contribution in [0.5, 0.6) is 0 Å². The molecule has 1 aliphatic heterocycles. The number of rotatable bonds is 4. The number of amides is 1. The van der Waals surface area contributed by atoms with Gasteiger partial charge in [-0.3, -0.25) is 9.89 Å². The van der Waals surface area contributed by atoms with Crippen molar-refractivity contribution < 1.29 is 4.79 Å². The molecule has 2 heterocycles. The number of carbonyl (C=O) groups is 1. The first-order valence-corrected chi connectivity index (χ1v) is 7.66. The molecule has 5 heteroatoms. The molecule has 20 heavy (non-hydrogen) atoms. The Kier molecular flexibility index (Phi) is 3.78. The minimum Gasteiger partial charge on any atom is -0.342 e. The van der Waals surface area contributed by atoms with Gasteiger partial charge in [-0.1, -0.05) is 6.92 Å². The molecule has 1 aromatic rings. The van der Waals surface area contributed by atoms with Gasteiger partial charge in [0.2, 0.25) is 5.91 Å². The largest absolute Gasteiger partial charge is 0.342 e. The number of hydrogen-bond donors (Lipinski definition) is 2. The van der Waals surface area contributed by atoms with Crippen molar-refractivity contribution in [2.75, 3.05) is 13.1 Å². The fraction of sp³-hybridized carbons (Fsp3) is 0.733. The molecule has 1 saturated heterocycles. The molecule has 3 rings (SSSR count). The summed E-state index contributed by atoms with van der Waals surface area (Å²) in [6, 6.07) is 0.493. The molecule has 1 amide bonds. The maximum atomic E-state index is 12.1. The summed E-state index contributed by atoms with van der Waals surface area (Å²) < 4.78 is 0. The standard InChI is InChI=1S/C15H24N4O/c1-10-9-19(15(20)12-3-4-12)6-5-14(10)16-7-13-8-17-18-11(13)2/h8,10,12,14,16H,3-7,9H2,1-2H3,(H,17,18)/t10-,14-/m0/s1. The van der Waals surface area contributed by atoms with Crippen LogP contribution in [0.25, 0.3) is 0 Å². The Bertz CT molecular complexity index is 480. The first-order chi connectivity index (χ1) is 9.65. The summed E-state index contributed by atoms with van der Waals surface area (Å²) in [5.41, 5.74) is 2.36. The van der Waals surface area contributed by atoms with Crippen molar-refractivity contribution in [1.29, 1.82) is 0 Å².